The van der Waals surface area contributed by atoms with Crippen molar-refractivity contribution >= 4 is 5.97 Å². The Labute approximate surface area is 88.4 Å². The zero-order valence-corrected chi connectivity index (χ0v) is 8.69. The number of hydrogen-bond donors (Lipinski definition) is 1. The van der Waals surface area contributed by atoms with E-state index in [9.17, 15) is 4.79 Å². The fourth-order valence-electron chi connectivity index (χ4n) is 1.91. The zero-order chi connectivity index (χ0) is 10.8. The molecule has 1 heterocycles. The minimum Gasteiger partial charge on any atom is -0.465 e. The first-order valence-corrected chi connectivity index (χ1v) is 5.05. The van der Waals surface area contributed by atoms with Crippen LogP contribution in [0.1, 0.15) is 40.5 Å². The Morgan fingerprint density at radius 1 is 1.67 bits per heavy atom. The molecule has 0 fully saturated rings. The van der Waals surface area contributed by atoms with Crippen LogP contribution in [-0.2, 0) is 11.2 Å². The van der Waals surface area contributed by atoms with E-state index in [-0.39, 0.29) is 12.0 Å². The third-order valence-corrected chi connectivity index (χ3v) is 2.75. The second-order valence-corrected chi connectivity index (χ2v) is 3.75. The first-order valence-electron chi connectivity index (χ1n) is 5.05. The molecule has 0 saturated heterocycles. The molecule has 2 rings (SSSR count). The molecule has 1 atom stereocenters. The number of esters is 1. The summed E-state index contributed by atoms with van der Waals surface area (Å²) >= 11 is 0. The normalized spacial score (nSPS) is 19.5. The molecule has 0 aromatic carbocycles. The van der Waals surface area contributed by atoms with E-state index in [2.05, 4.69) is 9.72 Å². The van der Waals surface area contributed by atoms with Crippen LogP contribution in [0.4, 0.5) is 0 Å². The standard InChI is InChI=1S/C11H14N2O2/c1-15-11(14)7-5-8-9(12)3-2-4-10(8)13-6-7/h5-6,9H,2-4,12H2,1H3. The van der Waals surface area contributed by atoms with Crippen molar-refractivity contribution in [2.75, 3.05) is 7.11 Å². The molecular weight excluding hydrogens is 192 g/mol. The van der Waals surface area contributed by atoms with Gasteiger partial charge >= 0.3 is 5.97 Å². The largest absolute Gasteiger partial charge is 0.465 e. The smallest absolute Gasteiger partial charge is 0.339 e. The molecule has 1 aliphatic carbocycles. The summed E-state index contributed by atoms with van der Waals surface area (Å²) in [4.78, 5) is 15.6. The molecule has 0 spiro atoms. The summed E-state index contributed by atoms with van der Waals surface area (Å²) in [5.41, 5.74) is 8.45. The van der Waals surface area contributed by atoms with Gasteiger partial charge in [-0.3, -0.25) is 4.98 Å². The predicted octanol–water partition coefficient (Wildman–Crippen LogP) is 1.20. The van der Waals surface area contributed by atoms with Crippen molar-refractivity contribution in [3.63, 3.8) is 0 Å². The van der Waals surface area contributed by atoms with E-state index in [0.29, 0.717) is 5.56 Å². The summed E-state index contributed by atoms with van der Waals surface area (Å²) in [6.45, 7) is 0. The van der Waals surface area contributed by atoms with Crippen LogP contribution in [0.2, 0.25) is 0 Å². The number of carbonyl (C=O) groups is 1. The maximum atomic E-state index is 11.3. The maximum absolute atomic E-state index is 11.3. The maximum Gasteiger partial charge on any atom is 0.339 e. The highest BCUT2D eigenvalue weighted by Gasteiger charge is 2.19. The molecule has 80 valence electrons. The molecule has 4 heteroatoms. The second-order valence-electron chi connectivity index (χ2n) is 3.75. The van der Waals surface area contributed by atoms with E-state index in [1.165, 1.54) is 7.11 Å². The Kier molecular flexibility index (Phi) is 2.68. The summed E-state index contributed by atoms with van der Waals surface area (Å²) in [7, 11) is 1.36. The number of pyridine rings is 1. The van der Waals surface area contributed by atoms with Crippen LogP contribution in [0.3, 0.4) is 0 Å². The molecule has 2 N–H and O–H groups in total. The summed E-state index contributed by atoms with van der Waals surface area (Å²) in [6.07, 6.45) is 4.53. The van der Waals surface area contributed by atoms with Gasteiger partial charge in [-0.1, -0.05) is 0 Å². The van der Waals surface area contributed by atoms with E-state index < -0.39 is 0 Å². The quantitative estimate of drug-likeness (QED) is 0.701. The number of nitrogens with zero attached hydrogens (tertiary/aromatic N) is 1. The summed E-state index contributed by atoms with van der Waals surface area (Å²) in [5.74, 6) is -0.358. The van der Waals surface area contributed by atoms with Gasteiger partial charge in [-0.25, -0.2) is 4.79 Å². The lowest BCUT2D eigenvalue weighted by atomic mass is 9.91. The molecule has 15 heavy (non-hydrogen) atoms. The minimum absolute atomic E-state index is 0.00542. The first-order chi connectivity index (χ1) is 7.22. The molecule has 0 bridgehead atoms. The van der Waals surface area contributed by atoms with Crippen LogP contribution in [0.15, 0.2) is 12.3 Å². The minimum atomic E-state index is -0.358. The second kappa shape index (κ2) is 3.98. The van der Waals surface area contributed by atoms with Crippen LogP contribution in [-0.4, -0.2) is 18.1 Å². The van der Waals surface area contributed by atoms with Crippen LogP contribution < -0.4 is 5.73 Å². The zero-order valence-electron chi connectivity index (χ0n) is 8.69. The third kappa shape index (κ3) is 1.85. The first kappa shape index (κ1) is 10.1. The van der Waals surface area contributed by atoms with Crippen LogP contribution in [0.5, 0.6) is 0 Å². The Morgan fingerprint density at radius 2 is 2.47 bits per heavy atom. The molecule has 1 aromatic rings. The number of fused-ring (bicyclic) bond motifs is 1. The topological polar surface area (TPSA) is 65.2 Å². The van der Waals surface area contributed by atoms with Gasteiger partial charge in [0.15, 0.2) is 0 Å². The van der Waals surface area contributed by atoms with Gasteiger partial charge in [-0.05, 0) is 30.9 Å². The molecule has 0 amide bonds. The highest BCUT2D eigenvalue weighted by atomic mass is 16.5. The number of aromatic nitrogens is 1. The van der Waals surface area contributed by atoms with Crippen molar-refractivity contribution in [1.29, 1.82) is 0 Å². The SMILES string of the molecule is COC(=O)c1cnc2c(c1)C(N)CCC2. The average Bonchev–Trinajstić information content (AvgIpc) is 2.28. The Bertz CT molecular complexity index is 390. The molecular formula is C11H14N2O2. The Morgan fingerprint density at radius 3 is 3.20 bits per heavy atom. The number of carbonyl (C=O) groups excluding carboxylic acids is 1. The van der Waals surface area contributed by atoms with E-state index in [4.69, 9.17) is 5.73 Å². The summed E-state index contributed by atoms with van der Waals surface area (Å²) < 4.78 is 4.64. The van der Waals surface area contributed by atoms with Crippen molar-refractivity contribution < 1.29 is 9.53 Å². The average molecular weight is 206 g/mol. The molecule has 1 aromatic heterocycles. The lowest BCUT2D eigenvalue weighted by Crippen LogP contribution is -2.19. The van der Waals surface area contributed by atoms with Crippen molar-refractivity contribution in [3.05, 3.63) is 29.1 Å². The Hall–Kier alpha value is -1.42. The number of hydrogen-bond acceptors (Lipinski definition) is 4. The van der Waals surface area contributed by atoms with Crippen molar-refractivity contribution in [2.24, 2.45) is 5.73 Å². The van der Waals surface area contributed by atoms with Crippen LogP contribution in [0, 0.1) is 0 Å². The molecule has 1 aliphatic rings. The fraction of sp³-hybridized carbons (Fsp3) is 0.455. The lowest BCUT2D eigenvalue weighted by Gasteiger charge is -2.21. The van der Waals surface area contributed by atoms with Crippen molar-refractivity contribution in [3.8, 4) is 0 Å². The van der Waals surface area contributed by atoms with Gasteiger partial charge in [0.1, 0.15) is 0 Å². The highest BCUT2D eigenvalue weighted by molar-refractivity contribution is 5.89. The lowest BCUT2D eigenvalue weighted by molar-refractivity contribution is 0.0600. The van der Waals surface area contributed by atoms with Gasteiger partial charge in [0.2, 0.25) is 0 Å². The number of nitrogens with two attached hydrogens (primary N) is 1. The summed E-state index contributed by atoms with van der Waals surface area (Å²) in [6, 6.07) is 1.81. The van der Waals surface area contributed by atoms with Gasteiger partial charge in [0.05, 0.1) is 12.7 Å². The number of ether oxygens (including phenoxy) is 1. The fourth-order valence-corrected chi connectivity index (χ4v) is 1.91. The van der Waals surface area contributed by atoms with Gasteiger partial charge in [-0.15, -0.1) is 0 Å². The molecule has 4 nitrogen and oxygen atoms in total. The number of methoxy groups -OCH3 is 1. The molecule has 0 radical (unpaired) electrons. The monoisotopic (exact) mass is 206 g/mol. The van der Waals surface area contributed by atoms with E-state index in [1.54, 1.807) is 12.3 Å². The third-order valence-electron chi connectivity index (χ3n) is 2.75. The van der Waals surface area contributed by atoms with Crippen LogP contribution >= 0.6 is 0 Å². The van der Waals surface area contributed by atoms with Gasteiger partial charge in [0, 0.05) is 17.9 Å². The van der Waals surface area contributed by atoms with Crippen molar-refractivity contribution in [1.82, 2.24) is 4.98 Å². The van der Waals surface area contributed by atoms with Gasteiger partial charge in [0.25, 0.3) is 0 Å². The van der Waals surface area contributed by atoms with Gasteiger partial charge in [-0.2, -0.15) is 0 Å². The van der Waals surface area contributed by atoms with Crippen molar-refractivity contribution in [2.45, 2.75) is 25.3 Å². The molecule has 1 unspecified atom stereocenters. The number of aryl methyl sites for hydroxylation is 1. The number of rotatable bonds is 1. The molecule has 0 saturated carbocycles. The predicted molar refractivity (Wildman–Crippen MR) is 55.4 cm³/mol. The summed E-state index contributed by atoms with van der Waals surface area (Å²) in [5, 5.41) is 0. The highest BCUT2D eigenvalue weighted by Crippen LogP contribution is 2.27. The van der Waals surface area contributed by atoms with E-state index in [0.717, 1.165) is 30.5 Å². The molecule has 0 aliphatic heterocycles. The van der Waals surface area contributed by atoms with Gasteiger partial charge < -0.3 is 10.5 Å². The Balaban J connectivity index is 2.39. The van der Waals surface area contributed by atoms with E-state index in [1.807, 2.05) is 0 Å². The van der Waals surface area contributed by atoms with Crippen LogP contribution in [0.25, 0.3) is 0 Å². The van der Waals surface area contributed by atoms with E-state index >= 15 is 0 Å².